The van der Waals surface area contributed by atoms with Gasteiger partial charge in [0, 0.05) is 41.8 Å². The highest BCUT2D eigenvalue weighted by atomic mass is 15.0. The number of benzene rings is 1. The van der Waals surface area contributed by atoms with Gasteiger partial charge in [-0.15, -0.1) is 0 Å². The van der Waals surface area contributed by atoms with Crippen LogP contribution >= 0.6 is 0 Å². The first kappa shape index (κ1) is 16.9. The molecule has 1 aromatic carbocycles. The summed E-state index contributed by atoms with van der Waals surface area (Å²) in [4.78, 5) is 0. The predicted octanol–water partition coefficient (Wildman–Crippen LogP) is 4.16. The van der Waals surface area contributed by atoms with Gasteiger partial charge in [-0.25, -0.2) is 0 Å². The van der Waals surface area contributed by atoms with Crippen LogP contribution in [-0.4, -0.2) is 22.7 Å². The van der Waals surface area contributed by atoms with Gasteiger partial charge in [-0.1, -0.05) is 19.3 Å². The zero-order valence-electron chi connectivity index (χ0n) is 15.0. The fourth-order valence-electron chi connectivity index (χ4n) is 3.74. The van der Waals surface area contributed by atoms with E-state index in [2.05, 4.69) is 48.7 Å². The minimum absolute atomic E-state index is 0.0610. The van der Waals surface area contributed by atoms with E-state index < -0.39 is 0 Å². The normalized spacial score (nSPS) is 16.2. The topological polar surface area (TPSA) is 52.8 Å². The molecule has 2 N–H and O–H groups in total. The molecular weight excluding hydrogens is 296 g/mol. The standard InChI is InChI=1S/C20H28N4/c1-20(2,23-16-7-5-4-6-8-16)14-22-17-9-10-19-15(11-17)12-18(13-21)24(19)3/h9-12,16,22-23H,4-8,14H2,1-3H3. The molecular formula is C20H28N4. The van der Waals surface area contributed by atoms with Crippen molar-refractivity contribution in [1.29, 1.82) is 5.26 Å². The van der Waals surface area contributed by atoms with E-state index in [9.17, 15) is 0 Å². The molecule has 4 nitrogen and oxygen atoms in total. The highest BCUT2D eigenvalue weighted by Crippen LogP contribution is 2.23. The van der Waals surface area contributed by atoms with E-state index in [1.807, 2.05) is 17.7 Å². The van der Waals surface area contributed by atoms with Crippen LogP contribution in [-0.2, 0) is 7.05 Å². The number of aromatic nitrogens is 1. The van der Waals surface area contributed by atoms with Gasteiger partial charge in [-0.3, -0.25) is 0 Å². The monoisotopic (exact) mass is 324 g/mol. The zero-order chi connectivity index (χ0) is 17.2. The van der Waals surface area contributed by atoms with Crippen LogP contribution in [0, 0.1) is 11.3 Å². The molecule has 0 amide bonds. The van der Waals surface area contributed by atoms with Crippen molar-refractivity contribution in [3.8, 4) is 6.07 Å². The average molecular weight is 324 g/mol. The van der Waals surface area contributed by atoms with Gasteiger partial charge in [0.25, 0.3) is 0 Å². The van der Waals surface area contributed by atoms with Crippen LogP contribution in [0.1, 0.15) is 51.6 Å². The fraction of sp³-hybridized carbons (Fsp3) is 0.550. The molecule has 1 aromatic heterocycles. The SMILES string of the molecule is Cn1c(C#N)cc2cc(NCC(C)(C)NC3CCCCC3)ccc21. The Morgan fingerprint density at radius 1 is 1.21 bits per heavy atom. The first-order chi connectivity index (χ1) is 11.5. The maximum absolute atomic E-state index is 9.16. The lowest BCUT2D eigenvalue weighted by Gasteiger charge is -2.34. The maximum Gasteiger partial charge on any atom is 0.121 e. The molecule has 0 radical (unpaired) electrons. The molecule has 2 aromatic rings. The Balaban J connectivity index is 1.65. The van der Waals surface area contributed by atoms with Crippen molar-refractivity contribution < 1.29 is 0 Å². The summed E-state index contributed by atoms with van der Waals surface area (Å²) in [6.07, 6.45) is 6.70. The van der Waals surface area contributed by atoms with Crippen molar-refractivity contribution in [2.45, 2.75) is 57.5 Å². The lowest BCUT2D eigenvalue weighted by atomic mass is 9.92. The molecule has 1 aliphatic rings. The van der Waals surface area contributed by atoms with Crippen molar-refractivity contribution in [2.75, 3.05) is 11.9 Å². The lowest BCUT2D eigenvalue weighted by molar-refractivity contribution is 0.289. The summed E-state index contributed by atoms with van der Waals surface area (Å²) in [5.41, 5.74) is 2.96. The largest absolute Gasteiger partial charge is 0.383 e. The van der Waals surface area contributed by atoms with Crippen LogP contribution in [0.3, 0.4) is 0 Å². The van der Waals surface area contributed by atoms with E-state index in [1.54, 1.807) is 0 Å². The van der Waals surface area contributed by atoms with Crippen LogP contribution in [0.15, 0.2) is 24.3 Å². The first-order valence-corrected chi connectivity index (χ1v) is 9.00. The molecule has 0 spiro atoms. The van der Waals surface area contributed by atoms with E-state index in [4.69, 9.17) is 5.26 Å². The molecule has 4 heteroatoms. The summed E-state index contributed by atoms with van der Waals surface area (Å²) < 4.78 is 1.94. The summed E-state index contributed by atoms with van der Waals surface area (Å²) in [5.74, 6) is 0. The molecule has 1 saturated carbocycles. The lowest BCUT2D eigenvalue weighted by Crippen LogP contribution is -2.50. The molecule has 1 heterocycles. The maximum atomic E-state index is 9.16. The predicted molar refractivity (Wildman–Crippen MR) is 100 cm³/mol. The number of fused-ring (bicyclic) bond motifs is 1. The number of anilines is 1. The van der Waals surface area contributed by atoms with Crippen LogP contribution in [0.5, 0.6) is 0 Å². The Hall–Kier alpha value is -1.99. The Morgan fingerprint density at radius 3 is 2.67 bits per heavy atom. The van der Waals surface area contributed by atoms with Crippen molar-refractivity contribution in [3.63, 3.8) is 0 Å². The van der Waals surface area contributed by atoms with Crippen LogP contribution in [0.2, 0.25) is 0 Å². The Bertz CT molecular complexity index is 745. The number of nitrogens with one attached hydrogen (secondary N) is 2. The minimum atomic E-state index is 0.0610. The van der Waals surface area contributed by atoms with E-state index in [0.29, 0.717) is 11.7 Å². The third kappa shape index (κ3) is 3.73. The van der Waals surface area contributed by atoms with Gasteiger partial charge in [-0.2, -0.15) is 5.26 Å². The average Bonchev–Trinajstić information content (AvgIpc) is 2.89. The van der Waals surface area contributed by atoms with Gasteiger partial charge < -0.3 is 15.2 Å². The number of hydrogen-bond donors (Lipinski definition) is 2. The van der Waals surface area contributed by atoms with E-state index in [1.165, 1.54) is 32.1 Å². The van der Waals surface area contributed by atoms with Gasteiger partial charge in [0.1, 0.15) is 11.8 Å². The minimum Gasteiger partial charge on any atom is -0.383 e. The summed E-state index contributed by atoms with van der Waals surface area (Å²) in [6, 6.07) is 11.2. The Kier molecular flexibility index (Phi) is 4.82. The quantitative estimate of drug-likeness (QED) is 0.868. The third-order valence-corrected chi connectivity index (χ3v) is 5.09. The third-order valence-electron chi connectivity index (χ3n) is 5.09. The number of nitrogens with zero attached hydrogens (tertiary/aromatic N) is 2. The van der Waals surface area contributed by atoms with Gasteiger partial charge in [0.05, 0.1) is 0 Å². The second-order valence-corrected chi connectivity index (χ2v) is 7.69. The highest BCUT2D eigenvalue weighted by Gasteiger charge is 2.23. The second kappa shape index (κ2) is 6.86. The van der Waals surface area contributed by atoms with Gasteiger partial charge in [0.15, 0.2) is 0 Å². The first-order valence-electron chi connectivity index (χ1n) is 9.00. The van der Waals surface area contributed by atoms with Gasteiger partial charge >= 0.3 is 0 Å². The Labute approximate surface area is 144 Å². The van der Waals surface area contributed by atoms with E-state index in [0.717, 1.165) is 23.1 Å². The molecule has 128 valence electrons. The van der Waals surface area contributed by atoms with Crippen molar-refractivity contribution >= 4 is 16.6 Å². The fourth-order valence-corrected chi connectivity index (χ4v) is 3.74. The van der Waals surface area contributed by atoms with Crippen molar-refractivity contribution in [3.05, 3.63) is 30.0 Å². The molecule has 1 fully saturated rings. The molecule has 24 heavy (non-hydrogen) atoms. The number of hydrogen-bond acceptors (Lipinski definition) is 3. The highest BCUT2D eigenvalue weighted by molar-refractivity contribution is 5.85. The van der Waals surface area contributed by atoms with Crippen molar-refractivity contribution in [1.82, 2.24) is 9.88 Å². The molecule has 0 aliphatic heterocycles. The van der Waals surface area contributed by atoms with Crippen LogP contribution < -0.4 is 10.6 Å². The smallest absolute Gasteiger partial charge is 0.121 e. The van der Waals surface area contributed by atoms with Crippen LogP contribution in [0.4, 0.5) is 5.69 Å². The summed E-state index contributed by atoms with van der Waals surface area (Å²) in [5, 5.41) is 17.6. The second-order valence-electron chi connectivity index (χ2n) is 7.69. The van der Waals surface area contributed by atoms with E-state index in [-0.39, 0.29) is 5.54 Å². The molecule has 1 aliphatic carbocycles. The zero-order valence-corrected chi connectivity index (χ0v) is 15.0. The molecule has 0 bridgehead atoms. The Morgan fingerprint density at radius 2 is 1.96 bits per heavy atom. The summed E-state index contributed by atoms with van der Waals surface area (Å²) in [6.45, 7) is 5.42. The molecule has 0 unspecified atom stereocenters. The van der Waals surface area contributed by atoms with Gasteiger partial charge in [-0.05, 0) is 51.0 Å². The number of nitriles is 1. The summed E-state index contributed by atoms with van der Waals surface area (Å²) >= 11 is 0. The molecule has 0 saturated heterocycles. The van der Waals surface area contributed by atoms with Crippen LogP contribution in [0.25, 0.3) is 10.9 Å². The number of rotatable bonds is 5. The molecule has 3 rings (SSSR count). The van der Waals surface area contributed by atoms with E-state index >= 15 is 0 Å². The van der Waals surface area contributed by atoms with Crippen molar-refractivity contribution in [2.24, 2.45) is 7.05 Å². The molecule has 0 atom stereocenters. The number of aryl methyl sites for hydroxylation is 1. The summed E-state index contributed by atoms with van der Waals surface area (Å²) in [7, 11) is 1.94. The van der Waals surface area contributed by atoms with Gasteiger partial charge in [0.2, 0.25) is 0 Å².